The van der Waals surface area contributed by atoms with Crippen molar-refractivity contribution in [2.75, 3.05) is 18.6 Å². The van der Waals surface area contributed by atoms with Crippen LogP contribution in [0.4, 0.5) is 4.39 Å². The van der Waals surface area contributed by atoms with E-state index in [0.29, 0.717) is 23.8 Å². The lowest BCUT2D eigenvalue weighted by Gasteiger charge is -2.19. The summed E-state index contributed by atoms with van der Waals surface area (Å²) in [4.78, 5) is 0. The van der Waals surface area contributed by atoms with Crippen molar-refractivity contribution in [1.29, 1.82) is 0 Å². The molecule has 3 aromatic rings. The molecule has 0 radical (unpaired) electrons. The maximum absolute atomic E-state index is 15.1. The molecule has 0 heterocycles. The maximum atomic E-state index is 15.1. The van der Waals surface area contributed by atoms with Crippen LogP contribution in [0.2, 0.25) is 0 Å². The smallest absolute Gasteiger partial charge is 0.130 e. The van der Waals surface area contributed by atoms with Crippen LogP contribution in [0.3, 0.4) is 0 Å². The van der Waals surface area contributed by atoms with E-state index in [1.54, 1.807) is 12.3 Å². The third kappa shape index (κ3) is 5.30. The van der Waals surface area contributed by atoms with E-state index < -0.39 is 10.8 Å². The largest absolute Gasteiger partial charge is 0.494 e. The van der Waals surface area contributed by atoms with Crippen LogP contribution in [-0.2, 0) is 17.2 Å². The minimum Gasteiger partial charge on any atom is -0.494 e. The van der Waals surface area contributed by atoms with Crippen molar-refractivity contribution >= 4 is 10.8 Å². The highest BCUT2D eigenvalue weighted by atomic mass is 32.2. The van der Waals surface area contributed by atoms with Crippen molar-refractivity contribution in [3.8, 4) is 22.6 Å². The molecule has 2 unspecified atom stereocenters. The Morgan fingerprint density at radius 2 is 1.69 bits per heavy atom. The Kier molecular flexibility index (Phi) is 6.97. The number of fused-ring (bicyclic) bond motifs is 1. The minimum absolute atomic E-state index is 0.190. The quantitative estimate of drug-likeness (QED) is 0.296. The summed E-state index contributed by atoms with van der Waals surface area (Å²) in [6.07, 6.45) is 6.31. The van der Waals surface area contributed by atoms with Crippen LogP contribution in [0.5, 0.6) is 11.5 Å². The number of ether oxygens (including phenoxy) is 2. The Morgan fingerprint density at radius 3 is 2.34 bits per heavy atom. The van der Waals surface area contributed by atoms with Crippen molar-refractivity contribution in [2.24, 2.45) is 0 Å². The first-order valence-corrected chi connectivity index (χ1v) is 14.3. The molecule has 0 amide bonds. The third-order valence-corrected chi connectivity index (χ3v) is 7.97. The SMILES string of the molecule is Cc1cc(OCCCS(C)=O)cc(C)c1-c1ccc(F)c2c1CCC2Oc1ccc(C2CC2)cc1. The second-order valence-electron chi connectivity index (χ2n) is 9.89. The molecule has 2 aliphatic carbocycles. The van der Waals surface area contributed by atoms with Crippen molar-refractivity contribution in [3.05, 3.63) is 82.2 Å². The molecule has 5 rings (SSSR count). The Balaban J connectivity index is 1.38. The van der Waals surface area contributed by atoms with Crippen LogP contribution in [0.15, 0.2) is 48.5 Å². The average molecular weight is 493 g/mol. The standard InChI is InChI=1S/C30H33FO3S/c1-19-17-24(33-15-4-16-35(3)32)18-20(2)29(19)25-11-13-27(31)30-26(25)12-14-28(30)34-23-9-7-22(8-10-23)21-5-6-21/h7-11,13,17-18,21,28H,4-6,12,14-16H2,1-3H3. The van der Waals surface area contributed by atoms with Gasteiger partial charge in [-0.1, -0.05) is 18.2 Å². The van der Waals surface area contributed by atoms with Crippen LogP contribution in [0, 0.1) is 19.7 Å². The van der Waals surface area contributed by atoms with Gasteiger partial charge in [-0.25, -0.2) is 4.39 Å². The zero-order valence-electron chi connectivity index (χ0n) is 20.7. The van der Waals surface area contributed by atoms with Gasteiger partial charge >= 0.3 is 0 Å². The molecule has 0 spiro atoms. The van der Waals surface area contributed by atoms with E-state index in [-0.39, 0.29) is 11.9 Å². The topological polar surface area (TPSA) is 35.5 Å². The first-order chi connectivity index (χ1) is 16.9. The van der Waals surface area contributed by atoms with Crippen LogP contribution in [0.1, 0.15) is 65.5 Å². The molecule has 2 aliphatic rings. The molecule has 0 aromatic heterocycles. The molecular weight excluding hydrogens is 459 g/mol. The van der Waals surface area contributed by atoms with Gasteiger partial charge in [0.25, 0.3) is 0 Å². The van der Waals surface area contributed by atoms with Gasteiger partial charge in [-0.2, -0.15) is 0 Å². The molecule has 0 bridgehead atoms. The van der Waals surface area contributed by atoms with Gasteiger partial charge in [-0.15, -0.1) is 0 Å². The molecule has 184 valence electrons. The highest BCUT2D eigenvalue weighted by molar-refractivity contribution is 7.84. The third-order valence-electron chi connectivity index (χ3n) is 7.11. The minimum atomic E-state index is -0.801. The van der Waals surface area contributed by atoms with E-state index in [0.717, 1.165) is 58.6 Å². The summed E-state index contributed by atoms with van der Waals surface area (Å²) in [7, 11) is -0.801. The summed E-state index contributed by atoms with van der Waals surface area (Å²) in [5.74, 6) is 2.79. The number of halogens is 1. The van der Waals surface area contributed by atoms with Gasteiger partial charge in [-0.3, -0.25) is 4.21 Å². The number of rotatable bonds is 9. The molecule has 1 saturated carbocycles. The lowest BCUT2D eigenvalue weighted by atomic mass is 9.90. The van der Waals surface area contributed by atoms with Crippen molar-refractivity contribution < 1.29 is 18.1 Å². The molecular formula is C30H33FO3S. The summed E-state index contributed by atoms with van der Waals surface area (Å²) in [6.45, 7) is 4.71. The van der Waals surface area contributed by atoms with E-state index in [9.17, 15) is 4.21 Å². The summed E-state index contributed by atoms with van der Waals surface area (Å²) in [6, 6.07) is 15.9. The monoisotopic (exact) mass is 492 g/mol. The maximum Gasteiger partial charge on any atom is 0.130 e. The van der Waals surface area contributed by atoms with Crippen LogP contribution >= 0.6 is 0 Å². The molecule has 0 aliphatic heterocycles. The molecule has 5 heteroatoms. The van der Waals surface area contributed by atoms with Crippen molar-refractivity contribution in [3.63, 3.8) is 0 Å². The van der Waals surface area contributed by atoms with Crippen molar-refractivity contribution in [2.45, 2.75) is 58.0 Å². The van der Waals surface area contributed by atoms with E-state index >= 15 is 4.39 Å². The lowest BCUT2D eigenvalue weighted by Crippen LogP contribution is -2.06. The predicted octanol–water partition coefficient (Wildman–Crippen LogP) is 7.20. The fourth-order valence-electron chi connectivity index (χ4n) is 5.31. The highest BCUT2D eigenvalue weighted by Gasteiger charge is 2.31. The average Bonchev–Trinajstić information content (AvgIpc) is 3.58. The first kappa shape index (κ1) is 24.1. The molecule has 2 atom stereocenters. The van der Waals surface area contributed by atoms with Gasteiger partial charge in [0, 0.05) is 28.4 Å². The second kappa shape index (κ2) is 10.1. The summed E-state index contributed by atoms with van der Waals surface area (Å²) < 4.78 is 38.6. The van der Waals surface area contributed by atoms with E-state index in [2.05, 4.69) is 26.0 Å². The summed E-state index contributed by atoms with van der Waals surface area (Å²) in [5.41, 5.74) is 7.55. The summed E-state index contributed by atoms with van der Waals surface area (Å²) in [5, 5.41) is 0. The number of benzene rings is 3. The molecule has 35 heavy (non-hydrogen) atoms. The van der Waals surface area contributed by atoms with Gasteiger partial charge < -0.3 is 9.47 Å². The molecule has 1 fully saturated rings. The van der Waals surface area contributed by atoms with Gasteiger partial charge in [0.2, 0.25) is 0 Å². The van der Waals surface area contributed by atoms with Gasteiger partial charge in [0.1, 0.15) is 23.4 Å². The number of hydrogen-bond acceptors (Lipinski definition) is 3. The Hall–Kier alpha value is -2.66. The molecule has 0 saturated heterocycles. The van der Waals surface area contributed by atoms with Crippen LogP contribution in [0.25, 0.3) is 11.1 Å². The predicted molar refractivity (Wildman–Crippen MR) is 140 cm³/mol. The van der Waals surface area contributed by atoms with Gasteiger partial charge in [-0.05, 0) is 116 Å². The number of aryl methyl sites for hydroxylation is 2. The first-order valence-electron chi connectivity index (χ1n) is 12.5. The Bertz CT molecular complexity index is 1220. The molecule has 3 aromatic carbocycles. The second-order valence-corrected chi connectivity index (χ2v) is 11.4. The fourth-order valence-corrected chi connectivity index (χ4v) is 5.83. The Morgan fingerprint density at radius 1 is 0.971 bits per heavy atom. The van der Waals surface area contributed by atoms with E-state index in [1.807, 2.05) is 30.3 Å². The van der Waals surface area contributed by atoms with Gasteiger partial charge in [0.15, 0.2) is 0 Å². The lowest BCUT2D eigenvalue weighted by molar-refractivity contribution is 0.203. The van der Waals surface area contributed by atoms with E-state index in [1.165, 1.54) is 18.4 Å². The molecule has 3 nitrogen and oxygen atoms in total. The zero-order chi connectivity index (χ0) is 24.5. The van der Waals surface area contributed by atoms with Crippen LogP contribution in [-0.4, -0.2) is 22.8 Å². The molecule has 0 N–H and O–H groups in total. The Labute approximate surface area is 210 Å². The fraction of sp³-hybridized carbons (Fsp3) is 0.400. The number of hydrogen-bond donors (Lipinski definition) is 0. The summed E-state index contributed by atoms with van der Waals surface area (Å²) >= 11 is 0. The highest BCUT2D eigenvalue weighted by Crippen LogP contribution is 2.44. The normalized spacial score (nSPS) is 17.8. The van der Waals surface area contributed by atoms with Crippen LogP contribution < -0.4 is 9.47 Å². The van der Waals surface area contributed by atoms with E-state index in [4.69, 9.17) is 9.47 Å². The van der Waals surface area contributed by atoms with Gasteiger partial charge in [0.05, 0.1) is 6.61 Å². The zero-order valence-corrected chi connectivity index (χ0v) is 21.6. The van der Waals surface area contributed by atoms with Crippen molar-refractivity contribution in [1.82, 2.24) is 0 Å².